The van der Waals surface area contributed by atoms with E-state index >= 15 is 0 Å². The van der Waals surface area contributed by atoms with E-state index in [0.29, 0.717) is 0 Å². The second-order valence-corrected chi connectivity index (χ2v) is 3.66. The van der Waals surface area contributed by atoms with Gasteiger partial charge in [0.25, 0.3) is 0 Å². The third-order valence-corrected chi connectivity index (χ3v) is 2.49. The predicted octanol–water partition coefficient (Wildman–Crippen LogP) is -3.11. The lowest BCUT2D eigenvalue weighted by atomic mass is 9.88. The van der Waals surface area contributed by atoms with Crippen molar-refractivity contribution in [3.05, 3.63) is 11.5 Å². The fourth-order valence-electron chi connectivity index (χ4n) is 1.43. The number of ketones is 1. The normalized spacial score (nSPS) is 24.7. The lowest BCUT2D eigenvalue weighted by molar-refractivity contribution is -0.175. The molecule has 0 aromatic carbocycles. The maximum absolute atomic E-state index is 11.5. The Hall–Kier alpha value is -1.68. The molecule has 0 fully saturated rings. The zero-order chi connectivity index (χ0) is 14.1. The third-order valence-electron chi connectivity index (χ3n) is 2.49. The monoisotopic (exact) mass is 264 g/mol. The number of ether oxygens (including phenoxy) is 1. The Kier molecular flexibility index (Phi) is 3.92. The molecule has 9 nitrogen and oxygen atoms in total. The summed E-state index contributed by atoms with van der Waals surface area (Å²) < 4.78 is 4.32. The van der Waals surface area contributed by atoms with Crippen LogP contribution in [-0.4, -0.2) is 73.4 Å². The average Bonchev–Trinajstić information content (AvgIpc) is 2.64. The van der Waals surface area contributed by atoms with Gasteiger partial charge in [-0.3, -0.25) is 4.79 Å². The summed E-state index contributed by atoms with van der Waals surface area (Å²) in [5, 5.41) is 54.8. The Morgan fingerprint density at radius 3 is 2.28 bits per heavy atom. The first kappa shape index (κ1) is 14.4. The van der Waals surface area contributed by atoms with Gasteiger partial charge in [-0.25, -0.2) is 4.79 Å². The molecular weight excluding hydrogens is 252 g/mol. The summed E-state index contributed by atoms with van der Waals surface area (Å²) >= 11 is 0. The van der Waals surface area contributed by atoms with E-state index in [1.807, 2.05) is 0 Å². The number of carbonyl (C=O) groups is 2. The van der Waals surface area contributed by atoms with Gasteiger partial charge in [0.05, 0.1) is 13.2 Å². The van der Waals surface area contributed by atoms with Gasteiger partial charge in [0.1, 0.15) is 6.10 Å². The van der Waals surface area contributed by atoms with Gasteiger partial charge in [-0.1, -0.05) is 0 Å². The van der Waals surface area contributed by atoms with E-state index in [4.69, 9.17) is 20.4 Å². The fourth-order valence-corrected chi connectivity index (χ4v) is 1.43. The molecule has 3 atom stereocenters. The van der Waals surface area contributed by atoms with E-state index in [9.17, 15) is 19.8 Å². The van der Waals surface area contributed by atoms with Crippen LogP contribution in [0.4, 0.5) is 0 Å². The van der Waals surface area contributed by atoms with Gasteiger partial charge >= 0.3 is 5.97 Å². The minimum atomic E-state index is -2.87. The molecule has 1 aliphatic rings. The molecule has 18 heavy (non-hydrogen) atoms. The van der Waals surface area contributed by atoms with Crippen molar-refractivity contribution in [2.24, 2.45) is 0 Å². The molecule has 1 rings (SSSR count). The quantitative estimate of drug-likeness (QED) is 0.282. The number of rotatable bonds is 5. The molecule has 0 radical (unpaired) electrons. The van der Waals surface area contributed by atoms with Crippen molar-refractivity contribution in [1.29, 1.82) is 0 Å². The first-order valence-corrected chi connectivity index (χ1v) is 4.79. The van der Waals surface area contributed by atoms with E-state index < -0.39 is 54.3 Å². The lowest BCUT2D eigenvalue weighted by Crippen LogP contribution is -2.57. The van der Waals surface area contributed by atoms with Crippen molar-refractivity contribution < 1.29 is 45.0 Å². The van der Waals surface area contributed by atoms with Crippen molar-refractivity contribution in [3.8, 4) is 0 Å². The summed E-state index contributed by atoms with van der Waals surface area (Å²) in [4.78, 5) is 22.5. The van der Waals surface area contributed by atoms with Crippen LogP contribution in [0, 0.1) is 0 Å². The number of aliphatic hydroxyl groups excluding tert-OH is 5. The van der Waals surface area contributed by atoms with E-state index in [1.54, 1.807) is 0 Å². The summed E-state index contributed by atoms with van der Waals surface area (Å²) in [6.07, 6.45) is -4.10. The maximum Gasteiger partial charge on any atom is 0.378 e. The number of cyclic esters (lactones) is 1. The highest BCUT2D eigenvalue weighted by atomic mass is 16.6. The number of aliphatic hydroxyl groups is 6. The van der Waals surface area contributed by atoms with Gasteiger partial charge in [-0.15, -0.1) is 0 Å². The largest absolute Gasteiger partial charge is 0.505 e. The summed E-state index contributed by atoms with van der Waals surface area (Å²) in [5.41, 5.74) is -2.87. The van der Waals surface area contributed by atoms with Gasteiger partial charge in [0.15, 0.2) is 11.4 Å². The predicted molar refractivity (Wildman–Crippen MR) is 52.3 cm³/mol. The zero-order valence-corrected chi connectivity index (χ0v) is 8.98. The summed E-state index contributed by atoms with van der Waals surface area (Å²) in [5.74, 6) is -5.21. The Labute approximate surface area is 100 Å². The number of carbonyl (C=O) groups excluding carboxylic acids is 2. The zero-order valence-electron chi connectivity index (χ0n) is 8.98. The van der Waals surface area contributed by atoms with Gasteiger partial charge in [-0.2, -0.15) is 0 Å². The molecule has 1 heterocycles. The van der Waals surface area contributed by atoms with E-state index in [1.165, 1.54) is 0 Å². The Balaban J connectivity index is 3.11. The molecule has 0 aromatic rings. The van der Waals surface area contributed by atoms with E-state index in [2.05, 4.69) is 4.74 Å². The standard InChI is InChI=1S/C9H12O9/c10-1-3(12)6(15)9(17,2-11)7-4(13)5(14)8(16)18-7/h3,7,10-14,17H,1-2H2/t3?,7-,9+/m0/s1. The van der Waals surface area contributed by atoms with Gasteiger partial charge in [0.2, 0.25) is 17.6 Å². The highest BCUT2D eigenvalue weighted by Gasteiger charge is 2.54. The van der Waals surface area contributed by atoms with Gasteiger partial charge in [-0.05, 0) is 0 Å². The number of Topliss-reactive ketones (excluding diaryl/α,β-unsaturated/α-hetero) is 1. The van der Waals surface area contributed by atoms with Crippen molar-refractivity contribution in [2.75, 3.05) is 13.2 Å². The van der Waals surface area contributed by atoms with E-state index in [-0.39, 0.29) is 0 Å². The molecular formula is C9H12O9. The van der Waals surface area contributed by atoms with Crippen LogP contribution in [-0.2, 0) is 14.3 Å². The van der Waals surface area contributed by atoms with Crippen LogP contribution in [0.5, 0.6) is 0 Å². The molecule has 0 amide bonds. The van der Waals surface area contributed by atoms with Crippen LogP contribution < -0.4 is 0 Å². The van der Waals surface area contributed by atoms with Crippen LogP contribution in [0.15, 0.2) is 11.5 Å². The number of esters is 1. The third kappa shape index (κ3) is 2.04. The highest BCUT2D eigenvalue weighted by Crippen LogP contribution is 2.29. The lowest BCUT2D eigenvalue weighted by Gasteiger charge is -2.30. The van der Waals surface area contributed by atoms with Crippen LogP contribution in [0.2, 0.25) is 0 Å². The van der Waals surface area contributed by atoms with Crippen molar-refractivity contribution in [1.82, 2.24) is 0 Å². The van der Waals surface area contributed by atoms with Gasteiger partial charge in [0, 0.05) is 0 Å². The van der Waals surface area contributed by atoms with Crippen LogP contribution in [0.3, 0.4) is 0 Å². The number of hydrogen-bond donors (Lipinski definition) is 6. The average molecular weight is 264 g/mol. The minimum absolute atomic E-state index is 1.04. The van der Waals surface area contributed by atoms with Crippen molar-refractivity contribution in [3.63, 3.8) is 0 Å². The molecule has 0 spiro atoms. The number of hydrogen-bond acceptors (Lipinski definition) is 9. The minimum Gasteiger partial charge on any atom is -0.505 e. The Bertz CT molecular complexity index is 401. The molecule has 0 aromatic heterocycles. The molecule has 1 unspecified atom stereocenters. The Morgan fingerprint density at radius 1 is 1.39 bits per heavy atom. The highest BCUT2D eigenvalue weighted by molar-refractivity contribution is 5.95. The summed E-state index contributed by atoms with van der Waals surface area (Å²) in [7, 11) is 0. The molecule has 6 N–H and O–H groups in total. The van der Waals surface area contributed by atoms with Crippen molar-refractivity contribution >= 4 is 11.8 Å². The first-order valence-electron chi connectivity index (χ1n) is 4.79. The molecule has 102 valence electrons. The molecule has 0 saturated carbocycles. The summed E-state index contributed by atoms with van der Waals surface area (Å²) in [6, 6.07) is 0. The van der Waals surface area contributed by atoms with Crippen LogP contribution >= 0.6 is 0 Å². The van der Waals surface area contributed by atoms with Crippen LogP contribution in [0.25, 0.3) is 0 Å². The van der Waals surface area contributed by atoms with E-state index in [0.717, 1.165) is 0 Å². The summed E-state index contributed by atoms with van der Waals surface area (Å²) in [6.45, 7) is -2.35. The second kappa shape index (κ2) is 4.90. The molecule has 9 heteroatoms. The first-order chi connectivity index (χ1) is 8.29. The molecule has 0 aliphatic carbocycles. The topological polar surface area (TPSA) is 165 Å². The fraction of sp³-hybridized carbons (Fsp3) is 0.556. The molecule has 0 saturated heterocycles. The Morgan fingerprint density at radius 2 is 1.94 bits per heavy atom. The smallest absolute Gasteiger partial charge is 0.378 e. The second-order valence-electron chi connectivity index (χ2n) is 3.66. The van der Waals surface area contributed by atoms with Crippen LogP contribution in [0.1, 0.15) is 0 Å². The maximum atomic E-state index is 11.5. The molecule has 0 bridgehead atoms. The molecule has 1 aliphatic heterocycles. The van der Waals surface area contributed by atoms with Crippen molar-refractivity contribution in [2.45, 2.75) is 17.8 Å². The SMILES string of the molecule is O=C1O[C@H]([C@@](O)(CO)C(=O)C(O)CO)C(O)=C1O. The van der Waals surface area contributed by atoms with Gasteiger partial charge < -0.3 is 35.4 Å².